The minimum atomic E-state index is -1.36. The van der Waals surface area contributed by atoms with E-state index < -0.39 is 34.9 Å². The summed E-state index contributed by atoms with van der Waals surface area (Å²) in [6.45, 7) is 8.32. The maximum Gasteiger partial charge on any atom is 0.266 e. The number of hydrogen-bond acceptors (Lipinski definition) is 8. The highest BCUT2D eigenvalue weighted by Crippen LogP contribution is 2.50. The summed E-state index contributed by atoms with van der Waals surface area (Å²) < 4.78 is 12.1. The maximum absolute atomic E-state index is 14.5. The predicted molar refractivity (Wildman–Crippen MR) is 236 cm³/mol. The third-order valence-corrected chi connectivity index (χ3v) is 13.2. The van der Waals surface area contributed by atoms with Crippen LogP contribution in [-0.2, 0) is 5.41 Å². The van der Waals surface area contributed by atoms with Crippen LogP contribution in [-0.4, -0.2) is 40.0 Å². The van der Waals surface area contributed by atoms with Crippen LogP contribution in [0.3, 0.4) is 0 Å². The van der Waals surface area contributed by atoms with Crippen molar-refractivity contribution in [3.63, 3.8) is 0 Å². The van der Waals surface area contributed by atoms with Gasteiger partial charge in [0.1, 0.15) is 35.6 Å². The van der Waals surface area contributed by atoms with E-state index in [0.717, 1.165) is 31.2 Å². The largest absolute Gasteiger partial charge is 0.490 e. The number of fused-ring (bicyclic) bond motifs is 7. The number of aromatic nitrogens is 2. The van der Waals surface area contributed by atoms with Gasteiger partial charge in [-0.25, -0.2) is 9.88 Å². The molecule has 10 heteroatoms. The summed E-state index contributed by atoms with van der Waals surface area (Å²) in [6.07, 6.45) is 5.61. The van der Waals surface area contributed by atoms with E-state index in [0.29, 0.717) is 39.2 Å². The van der Waals surface area contributed by atoms with E-state index in [2.05, 4.69) is 66.8 Å². The van der Waals surface area contributed by atoms with E-state index >= 15 is 0 Å². The second-order valence-electron chi connectivity index (χ2n) is 17.2. The number of amides is 2. The molecular formula is C52H39N3O7. The van der Waals surface area contributed by atoms with Gasteiger partial charge in [0.05, 0.1) is 27.7 Å². The molecule has 1 N–H and O–H groups in total. The van der Waals surface area contributed by atoms with Gasteiger partial charge in [0, 0.05) is 22.6 Å². The van der Waals surface area contributed by atoms with Gasteiger partial charge in [-0.1, -0.05) is 75.7 Å². The van der Waals surface area contributed by atoms with Gasteiger partial charge in [0.2, 0.25) is 0 Å². The number of carbonyl (C=O) groups excluding carboxylic acids is 4. The number of nitrogens with one attached hydrogen (secondary N) is 1. The molecule has 11 rings (SSSR count). The number of ketones is 2. The fourth-order valence-corrected chi connectivity index (χ4v) is 10.1. The molecule has 10 nitrogen and oxygen atoms in total. The molecule has 0 atom stereocenters. The maximum atomic E-state index is 14.5. The van der Waals surface area contributed by atoms with Crippen LogP contribution in [0.4, 0.5) is 5.69 Å². The average Bonchev–Trinajstić information content (AvgIpc) is 4.01. The van der Waals surface area contributed by atoms with Gasteiger partial charge in [-0.2, -0.15) is 0 Å². The number of aromatic amines is 1. The highest BCUT2D eigenvalue weighted by molar-refractivity contribution is 6.36. The van der Waals surface area contributed by atoms with E-state index in [1.807, 2.05) is 18.2 Å². The van der Waals surface area contributed by atoms with Crippen LogP contribution in [0.5, 0.6) is 17.2 Å². The van der Waals surface area contributed by atoms with E-state index in [4.69, 9.17) is 9.47 Å². The van der Waals surface area contributed by atoms with Crippen molar-refractivity contribution in [1.82, 2.24) is 9.97 Å². The lowest BCUT2D eigenvalue weighted by molar-refractivity contribution is 0.0880. The lowest BCUT2D eigenvalue weighted by Crippen LogP contribution is -2.30. The molecular weight excluding hydrogens is 779 g/mol. The predicted octanol–water partition coefficient (Wildman–Crippen LogP) is 10.4. The summed E-state index contributed by atoms with van der Waals surface area (Å²) in [4.78, 5) is 78.5. The van der Waals surface area contributed by atoms with Gasteiger partial charge in [0.25, 0.3) is 17.4 Å². The number of anilines is 1. The Hall–Kier alpha value is -7.46. The van der Waals surface area contributed by atoms with Crippen LogP contribution in [0.1, 0.15) is 115 Å². The third kappa shape index (κ3) is 5.62. The summed E-state index contributed by atoms with van der Waals surface area (Å²) in [5, 5.41) is 1.29. The van der Waals surface area contributed by atoms with Crippen LogP contribution >= 0.6 is 0 Å². The van der Waals surface area contributed by atoms with Crippen molar-refractivity contribution >= 4 is 50.7 Å². The molecule has 7 aromatic rings. The number of hydrogen-bond donors (Lipinski definition) is 1. The van der Waals surface area contributed by atoms with Crippen molar-refractivity contribution in [1.29, 1.82) is 0 Å². The second kappa shape index (κ2) is 13.8. The van der Waals surface area contributed by atoms with Gasteiger partial charge < -0.3 is 14.5 Å². The van der Waals surface area contributed by atoms with Crippen LogP contribution in [0.2, 0.25) is 0 Å². The molecule has 4 aliphatic rings. The molecule has 2 amide bonds. The van der Waals surface area contributed by atoms with Crippen molar-refractivity contribution in [3.05, 3.63) is 171 Å². The summed E-state index contributed by atoms with van der Waals surface area (Å²) in [7, 11) is 0. The Balaban J connectivity index is 0.922. The average molecular weight is 818 g/mol. The summed E-state index contributed by atoms with van der Waals surface area (Å²) in [6, 6.07) is 31.5. The van der Waals surface area contributed by atoms with Crippen molar-refractivity contribution < 1.29 is 28.7 Å². The SMILES string of the molecule is C=CCOc1ccc2nc(C3C(=O)c4cc5cc6c(cc5cc4C3=O)C(=O)N(c3cc(Oc4ccc5c(c4)C(C)(C)c4ccccc4-5)ccc3C3CCCC3)C6=O)[nH]c(=O)c2c1. The first-order chi connectivity index (χ1) is 30.0. The first-order valence-electron chi connectivity index (χ1n) is 20.9. The van der Waals surface area contributed by atoms with Crippen molar-refractivity contribution in [2.24, 2.45) is 0 Å². The number of ether oxygens (including phenoxy) is 2. The summed E-state index contributed by atoms with van der Waals surface area (Å²) in [5.74, 6) is -1.60. The molecule has 62 heavy (non-hydrogen) atoms. The Morgan fingerprint density at radius 1 is 0.710 bits per heavy atom. The molecule has 0 saturated heterocycles. The lowest BCUT2D eigenvalue weighted by atomic mass is 9.82. The molecule has 6 aromatic carbocycles. The molecule has 2 heterocycles. The summed E-state index contributed by atoms with van der Waals surface area (Å²) in [5.41, 5.74) is 6.54. The molecule has 1 aromatic heterocycles. The van der Waals surface area contributed by atoms with Crippen LogP contribution in [0.25, 0.3) is 32.8 Å². The zero-order chi connectivity index (χ0) is 42.6. The van der Waals surface area contributed by atoms with Gasteiger partial charge in [-0.3, -0.25) is 24.0 Å². The first-order valence-corrected chi connectivity index (χ1v) is 20.9. The molecule has 0 unspecified atom stereocenters. The third-order valence-electron chi connectivity index (χ3n) is 13.2. The zero-order valence-electron chi connectivity index (χ0n) is 34.0. The number of Topliss-reactive ketones (excluding diaryl/α,β-unsaturated/α-hetero) is 2. The number of imide groups is 1. The Morgan fingerprint density at radius 2 is 1.34 bits per heavy atom. The Labute approximate surface area is 355 Å². The smallest absolute Gasteiger partial charge is 0.266 e. The Kier molecular flexibility index (Phi) is 8.35. The molecule has 0 bridgehead atoms. The quantitative estimate of drug-likeness (QED) is 0.0910. The van der Waals surface area contributed by atoms with E-state index in [-0.39, 0.29) is 51.4 Å². The molecule has 0 spiro atoms. The molecule has 1 fully saturated rings. The number of H-pyrrole nitrogens is 1. The minimum Gasteiger partial charge on any atom is -0.490 e. The van der Waals surface area contributed by atoms with Crippen molar-refractivity contribution in [2.45, 2.75) is 56.8 Å². The number of carbonyl (C=O) groups is 4. The van der Waals surface area contributed by atoms with Gasteiger partial charge in [-0.15, -0.1) is 0 Å². The van der Waals surface area contributed by atoms with Gasteiger partial charge in [-0.05, 0) is 118 Å². The Morgan fingerprint density at radius 3 is 2.05 bits per heavy atom. The van der Waals surface area contributed by atoms with Crippen molar-refractivity contribution in [2.75, 3.05) is 11.5 Å². The second-order valence-corrected chi connectivity index (χ2v) is 17.2. The van der Waals surface area contributed by atoms with E-state index in [1.54, 1.807) is 54.6 Å². The Bertz CT molecular complexity index is 3170. The van der Waals surface area contributed by atoms with Gasteiger partial charge in [0.15, 0.2) is 11.6 Å². The van der Waals surface area contributed by atoms with E-state index in [9.17, 15) is 24.0 Å². The number of nitrogens with zero attached hydrogens (tertiary/aromatic N) is 2. The molecule has 304 valence electrons. The highest BCUT2D eigenvalue weighted by Gasteiger charge is 2.44. The highest BCUT2D eigenvalue weighted by atomic mass is 16.5. The topological polar surface area (TPSA) is 136 Å². The molecule has 1 aliphatic heterocycles. The van der Waals surface area contributed by atoms with Crippen LogP contribution in [0, 0.1) is 0 Å². The lowest BCUT2D eigenvalue weighted by Gasteiger charge is -2.23. The van der Waals surface area contributed by atoms with Gasteiger partial charge >= 0.3 is 0 Å². The van der Waals surface area contributed by atoms with E-state index in [1.165, 1.54) is 27.2 Å². The van der Waals surface area contributed by atoms with Crippen LogP contribution in [0.15, 0.2) is 121 Å². The standard InChI is InChI=1S/C52H39N3O7/c1-4-19-61-30-15-18-43-40(24-30)49(58)54-48(53-43)45-46(56)36-20-28-22-38-39(23-29(28)21-37(36)47(45)57)51(60)55(50(38)59)44-26-32(13-16-33(44)27-9-5-6-10-27)62-31-14-17-35-34-11-7-8-12-41(34)52(2,3)42(35)25-31/h4,7-8,11-18,20-27,45H,1,5-6,9-10,19H2,2-3H3,(H,53,54,58). The minimum absolute atomic E-state index is 0.0594. The first kappa shape index (κ1) is 37.5. The fourth-order valence-electron chi connectivity index (χ4n) is 10.1. The van der Waals surface area contributed by atoms with Crippen LogP contribution < -0.4 is 19.9 Å². The fraction of sp³-hybridized carbons (Fsp3) is 0.192. The van der Waals surface area contributed by atoms with Crippen molar-refractivity contribution in [3.8, 4) is 28.4 Å². The molecule has 3 aliphatic carbocycles. The zero-order valence-corrected chi connectivity index (χ0v) is 34.0. The number of benzene rings is 6. The summed E-state index contributed by atoms with van der Waals surface area (Å²) >= 11 is 0. The molecule has 0 radical (unpaired) electrons. The monoisotopic (exact) mass is 817 g/mol. The molecule has 1 saturated carbocycles. The normalized spacial score (nSPS) is 16.6. The number of rotatable bonds is 8.